The molecule has 0 saturated carbocycles. The molecule has 1 saturated heterocycles. The number of alkyl halides is 8. The molecule has 16 heteroatoms. The molecule has 1 fully saturated rings. The van der Waals surface area contributed by atoms with Crippen molar-refractivity contribution in [2.24, 2.45) is 11.7 Å². The molecule has 1 aliphatic heterocycles. The second-order valence-electron chi connectivity index (χ2n) is 7.68. The lowest BCUT2D eigenvalue weighted by Crippen LogP contribution is -2.60. The topological polar surface area (TPSA) is 98.9 Å². The summed E-state index contributed by atoms with van der Waals surface area (Å²) in [5.74, 6) is -6.40. The Morgan fingerprint density at radius 1 is 1.00 bits per heavy atom. The maximum atomic E-state index is 14.0. The fraction of sp³-hybridized carbons (Fsp3) is 0.938. The summed E-state index contributed by atoms with van der Waals surface area (Å²) in [5, 5.41) is -6.31. The molecule has 190 valence electrons. The molecule has 1 unspecified atom stereocenters. The first-order valence-electron chi connectivity index (χ1n) is 9.33. The van der Waals surface area contributed by atoms with Crippen LogP contribution in [0.25, 0.3) is 0 Å². The van der Waals surface area contributed by atoms with Gasteiger partial charge in [-0.05, 0) is 5.92 Å². The quantitative estimate of drug-likeness (QED) is 0.407. The first-order valence-corrected chi connectivity index (χ1v) is 10.8. The van der Waals surface area contributed by atoms with Crippen molar-refractivity contribution in [2.75, 3.05) is 26.3 Å². The Bertz CT molecular complexity index is 758. The lowest BCUT2D eigenvalue weighted by molar-refractivity contribution is -0.456. The second-order valence-corrected chi connectivity index (χ2v) is 9.66. The smallest absolute Gasteiger partial charge is 0.379 e. The van der Waals surface area contributed by atoms with Gasteiger partial charge in [-0.1, -0.05) is 13.8 Å². The third kappa shape index (κ3) is 6.48. The summed E-state index contributed by atoms with van der Waals surface area (Å²) in [5.41, 5.74) is 5.21. The fourth-order valence-corrected chi connectivity index (χ4v) is 4.04. The highest BCUT2D eigenvalue weighted by Crippen LogP contribution is 2.48. The predicted octanol–water partition coefficient (Wildman–Crippen LogP) is 2.80. The van der Waals surface area contributed by atoms with Crippen LogP contribution in [0.1, 0.15) is 33.1 Å². The monoisotopic (exact) mass is 508 g/mol. The molecule has 1 atom stereocenters. The number of ketones is 1. The van der Waals surface area contributed by atoms with Crippen molar-refractivity contribution in [2.45, 2.75) is 62.5 Å². The lowest BCUT2D eigenvalue weighted by Gasteiger charge is -2.35. The summed E-state index contributed by atoms with van der Waals surface area (Å²) < 4.78 is 142. The number of Topliss-reactive ketones (excluding diaryl/α,β-unsaturated/α-hetero) is 1. The highest BCUT2D eigenvalue weighted by molar-refractivity contribution is 7.90. The van der Waals surface area contributed by atoms with Crippen LogP contribution in [0.5, 0.6) is 0 Å². The molecule has 0 aliphatic carbocycles. The van der Waals surface area contributed by atoms with Gasteiger partial charge in [0.2, 0.25) is 0 Å². The van der Waals surface area contributed by atoms with E-state index in [0.29, 0.717) is 0 Å². The number of rotatable bonds is 12. The van der Waals surface area contributed by atoms with Gasteiger partial charge in [0.15, 0.2) is 0 Å². The zero-order valence-electron chi connectivity index (χ0n) is 17.1. The Hall–Kier alpha value is -1.10. The molecular weight excluding hydrogens is 484 g/mol. The van der Waals surface area contributed by atoms with Gasteiger partial charge in [0, 0.05) is 38.4 Å². The SMILES string of the molecule is CC(C)CC(=O)CC(N)CC(F)(F)C(F)(F)OC(F)(F)C(F)(F)S(=O)(=O)N1CCOCC1. The average Bonchev–Trinajstić information content (AvgIpc) is 2.59. The van der Waals surface area contributed by atoms with Gasteiger partial charge in [-0.3, -0.25) is 4.79 Å². The van der Waals surface area contributed by atoms with Crippen LogP contribution in [-0.4, -0.2) is 74.2 Å². The number of sulfonamides is 1. The van der Waals surface area contributed by atoms with Crippen molar-refractivity contribution in [3.63, 3.8) is 0 Å². The van der Waals surface area contributed by atoms with Crippen LogP contribution >= 0.6 is 0 Å². The van der Waals surface area contributed by atoms with Gasteiger partial charge in [0.25, 0.3) is 10.0 Å². The van der Waals surface area contributed by atoms with E-state index in [0.717, 1.165) is 0 Å². The molecule has 0 aromatic rings. The molecule has 32 heavy (non-hydrogen) atoms. The van der Waals surface area contributed by atoms with Crippen LogP contribution in [0.15, 0.2) is 0 Å². The number of morpholine rings is 1. The van der Waals surface area contributed by atoms with E-state index in [4.69, 9.17) is 5.73 Å². The minimum atomic E-state index is -6.55. The van der Waals surface area contributed by atoms with Crippen LogP contribution in [0.3, 0.4) is 0 Å². The van der Waals surface area contributed by atoms with Gasteiger partial charge in [-0.25, -0.2) is 13.2 Å². The molecule has 7 nitrogen and oxygen atoms in total. The summed E-state index contributed by atoms with van der Waals surface area (Å²) in [7, 11) is -6.29. The Morgan fingerprint density at radius 2 is 1.50 bits per heavy atom. The highest BCUT2D eigenvalue weighted by atomic mass is 32.2. The Kier molecular flexibility index (Phi) is 9.07. The number of carbonyl (C=O) groups is 1. The highest BCUT2D eigenvalue weighted by Gasteiger charge is 2.74. The van der Waals surface area contributed by atoms with E-state index in [9.17, 15) is 48.3 Å². The Morgan fingerprint density at radius 3 is 1.97 bits per heavy atom. The van der Waals surface area contributed by atoms with E-state index in [1.807, 2.05) is 0 Å². The molecule has 2 N–H and O–H groups in total. The zero-order valence-corrected chi connectivity index (χ0v) is 17.9. The molecule has 0 aromatic heterocycles. The van der Waals surface area contributed by atoms with E-state index >= 15 is 0 Å². The maximum absolute atomic E-state index is 14.0. The van der Waals surface area contributed by atoms with Crippen LogP contribution in [0.4, 0.5) is 35.1 Å². The minimum Gasteiger partial charge on any atom is -0.379 e. The molecular formula is C16H24F8N2O5S. The summed E-state index contributed by atoms with van der Waals surface area (Å²) in [6, 6.07) is -1.93. The largest absolute Gasteiger partial charge is 0.448 e. The van der Waals surface area contributed by atoms with Gasteiger partial charge >= 0.3 is 23.4 Å². The normalized spacial score (nSPS) is 18.8. The molecule has 1 heterocycles. The number of hydrogen-bond acceptors (Lipinski definition) is 6. The first-order chi connectivity index (χ1) is 14.3. The van der Waals surface area contributed by atoms with Gasteiger partial charge < -0.3 is 10.5 Å². The summed E-state index contributed by atoms with van der Waals surface area (Å²) >= 11 is 0. The molecule has 1 aliphatic rings. The molecule has 0 amide bonds. The maximum Gasteiger partial charge on any atom is 0.448 e. The van der Waals surface area contributed by atoms with Gasteiger partial charge in [-0.15, -0.1) is 0 Å². The van der Waals surface area contributed by atoms with Crippen LogP contribution in [-0.2, 0) is 24.3 Å². The summed E-state index contributed by atoms with van der Waals surface area (Å²) in [6.45, 7) is 0.743. The van der Waals surface area contributed by atoms with Crippen LogP contribution in [0, 0.1) is 5.92 Å². The van der Waals surface area contributed by atoms with Gasteiger partial charge in [0.05, 0.1) is 13.2 Å². The van der Waals surface area contributed by atoms with Crippen molar-refractivity contribution in [3.05, 3.63) is 0 Å². The van der Waals surface area contributed by atoms with E-state index in [1.165, 1.54) is 0 Å². The van der Waals surface area contributed by atoms with Crippen molar-refractivity contribution >= 4 is 15.8 Å². The average molecular weight is 508 g/mol. The number of nitrogens with zero attached hydrogens (tertiary/aromatic N) is 1. The van der Waals surface area contributed by atoms with Gasteiger partial charge in [0.1, 0.15) is 5.78 Å². The van der Waals surface area contributed by atoms with Crippen LogP contribution in [0.2, 0.25) is 0 Å². The number of carbonyl (C=O) groups excluding carboxylic acids is 1. The predicted molar refractivity (Wildman–Crippen MR) is 93.9 cm³/mol. The molecule has 0 radical (unpaired) electrons. The summed E-state index contributed by atoms with van der Waals surface area (Å²) in [6.07, 6.45) is -15.8. The molecule has 1 rings (SSSR count). The number of halogens is 8. The van der Waals surface area contributed by atoms with Crippen molar-refractivity contribution in [1.82, 2.24) is 4.31 Å². The number of ether oxygens (including phenoxy) is 2. The van der Waals surface area contributed by atoms with E-state index in [-0.39, 0.29) is 16.6 Å². The first kappa shape index (κ1) is 28.9. The standard InChI is InChI=1S/C16H24F8N2O5S/c1-10(2)7-12(27)8-11(25)9-13(17,18)14(19,20)31-15(21,22)16(23,24)32(28,29)26-3-5-30-6-4-26/h10-11H,3-9,25H2,1-2H3. The van der Waals surface area contributed by atoms with Gasteiger partial charge in [-0.2, -0.15) is 39.4 Å². The molecule has 0 aromatic carbocycles. The van der Waals surface area contributed by atoms with E-state index in [2.05, 4.69) is 9.47 Å². The number of hydrogen-bond donors (Lipinski definition) is 1. The number of nitrogens with two attached hydrogens (primary N) is 1. The third-order valence-electron chi connectivity index (χ3n) is 4.30. The zero-order chi connectivity index (χ0) is 25.2. The fourth-order valence-electron chi connectivity index (χ4n) is 2.75. The second kappa shape index (κ2) is 10.0. The van der Waals surface area contributed by atoms with E-state index < -0.39 is 84.4 Å². The Labute approximate surface area is 179 Å². The summed E-state index contributed by atoms with van der Waals surface area (Å²) in [4.78, 5) is 11.6. The minimum absolute atomic E-state index is 0.115. The van der Waals surface area contributed by atoms with Crippen molar-refractivity contribution in [3.8, 4) is 0 Å². The van der Waals surface area contributed by atoms with Crippen molar-refractivity contribution in [1.29, 1.82) is 0 Å². The van der Waals surface area contributed by atoms with E-state index in [1.54, 1.807) is 13.8 Å². The molecule has 0 spiro atoms. The van der Waals surface area contributed by atoms with Crippen molar-refractivity contribution < 1.29 is 57.8 Å². The lowest BCUT2D eigenvalue weighted by atomic mass is 9.98. The Balaban J connectivity index is 3.00. The molecule has 0 bridgehead atoms. The third-order valence-corrected chi connectivity index (χ3v) is 6.23. The van der Waals surface area contributed by atoms with Crippen LogP contribution < -0.4 is 5.73 Å².